The molecule has 4 rings (SSSR count). The summed E-state index contributed by atoms with van der Waals surface area (Å²) < 4.78 is 11.4. The molecule has 0 amide bonds. The summed E-state index contributed by atoms with van der Waals surface area (Å²) in [4.78, 5) is 0. The van der Waals surface area contributed by atoms with E-state index >= 15 is 0 Å². The first-order valence-electron chi connectivity index (χ1n) is 8.81. The van der Waals surface area contributed by atoms with Gasteiger partial charge in [0.1, 0.15) is 0 Å². The molecule has 4 fully saturated rings. The third-order valence-electron chi connectivity index (χ3n) is 6.57. The Balaban J connectivity index is 1.48. The van der Waals surface area contributed by atoms with Gasteiger partial charge in [0.05, 0.1) is 12.2 Å². The highest BCUT2D eigenvalue weighted by molar-refractivity contribution is 5.05. The lowest BCUT2D eigenvalue weighted by Gasteiger charge is -2.58. The van der Waals surface area contributed by atoms with E-state index in [0.29, 0.717) is 5.41 Å². The first-order valence-corrected chi connectivity index (χ1v) is 8.81. The molecular formula is C18H33NO2. The summed E-state index contributed by atoms with van der Waals surface area (Å²) in [5.74, 6) is 2.90. The minimum atomic E-state index is -0.0925. The lowest BCUT2D eigenvalue weighted by Crippen LogP contribution is -2.56. The molecule has 0 heterocycles. The van der Waals surface area contributed by atoms with Gasteiger partial charge in [0.15, 0.2) is 0 Å². The first kappa shape index (κ1) is 15.8. The van der Waals surface area contributed by atoms with Gasteiger partial charge >= 0.3 is 0 Å². The lowest BCUT2D eigenvalue weighted by atomic mass is 9.48. The Morgan fingerprint density at radius 1 is 1.10 bits per heavy atom. The van der Waals surface area contributed by atoms with Gasteiger partial charge in [-0.3, -0.25) is 0 Å². The normalized spacial score (nSPS) is 39.7. The zero-order chi connectivity index (χ0) is 15.1. The first-order chi connectivity index (χ1) is 9.92. The molecule has 0 spiro atoms. The summed E-state index contributed by atoms with van der Waals surface area (Å²) >= 11 is 0. The van der Waals surface area contributed by atoms with Crippen molar-refractivity contribution in [2.45, 2.75) is 70.4 Å². The standard InChI is InChI=1S/C18H33NO2/c1-17(2,20-3)4-5-21-12-16(19)18-9-13-6-14(10-18)8-15(7-13)11-18/h13-16H,4-12,19H2,1-3H3. The van der Waals surface area contributed by atoms with Crippen LogP contribution in [0.15, 0.2) is 0 Å². The highest BCUT2D eigenvalue weighted by Gasteiger charge is 2.53. The minimum Gasteiger partial charge on any atom is -0.380 e. The molecule has 0 radical (unpaired) electrons. The van der Waals surface area contributed by atoms with E-state index in [1.165, 1.54) is 38.5 Å². The van der Waals surface area contributed by atoms with Gasteiger partial charge in [0, 0.05) is 19.8 Å². The molecule has 0 aromatic rings. The lowest BCUT2D eigenvalue weighted by molar-refractivity contribution is -0.0837. The molecule has 1 unspecified atom stereocenters. The second-order valence-corrected chi connectivity index (χ2v) is 8.68. The van der Waals surface area contributed by atoms with Crippen molar-refractivity contribution in [2.24, 2.45) is 28.9 Å². The monoisotopic (exact) mass is 295 g/mol. The highest BCUT2D eigenvalue weighted by atomic mass is 16.5. The van der Waals surface area contributed by atoms with Gasteiger partial charge in [-0.1, -0.05) is 0 Å². The largest absolute Gasteiger partial charge is 0.380 e. The van der Waals surface area contributed by atoms with Crippen molar-refractivity contribution in [1.29, 1.82) is 0 Å². The predicted molar refractivity (Wildman–Crippen MR) is 85.1 cm³/mol. The molecule has 4 aliphatic carbocycles. The second kappa shape index (κ2) is 5.82. The summed E-state index contributed by atoms with van der Waals surface area (Å²) in [6.45, 7) is 5.69. The summed E-state index contributed by atoms with van der Waals surface area (Å²) in [6, 6.07) is 0.233. The summed E-state index contributed by atoms with van der Waals surface area (Å²) in [5, 5.41) is 0. The molecule has 4 aliphatic rings. The number of hydrogen-bond acceptors (Lipinski definition) is 3. The van der Waals surface area contributed by atoms with Crippen LogP contribution in [0.3, 0.4) is 0 Å². The molecule has 3 heteroatoms. The fourth-order valence-corrected chi connectivity index (χ4v) is 5.44. The maximum atomic E-state index is 6.60. The molecular weight excluding hydrogens is 262 g/mol. The topological polar surface area (TPSA) is 44.5 Å². The summed E-state index contributed by atoms with van der Waals surface area (Å²) in [6.07, 6.45) is 9.48. The van der Waals surface area contributed by atoms with Crippen molar-refractivity contribution in [3.8, 4) is 0 Å². The van der Waals surface area contributed by atoms with Gasteiger partial charge < -0.3 is 15.2 Å². The van der Waals surface area contributed by atoms with E-state index in [4.69, 9.17) is 15.2 Å². The summed E-state index contributed by atoms with van der Waals surface area (Å²) in [5.41, 5.74) is 6.91. The Hall–Kier alpha value is -0.120. The number of rotatable bonds is 7. The van der Waals surface area contributed by atoms with Crippen molar-refractivity contribution < 1.29 is 9.47 Å². The van der Waals surface area contributed by atoms with E-state index in [-0.39, 0.29) is 11.6 Å². The number of ether oxygens (including phenoxy) is 2. The predicted octanol–water partition coefficient (Wildman–Crippen LogP) is 3.36. The molecule has 21 heavy (non-hydrogen) atoms. The van der Waals surface area contributed by atoms with E-state index in [2.05, 4.69) is 13.8 Å². The zero-order valence-corrected chi connectivity index (χ0v) is 14.1. The van der Waals surface area contributed by atoms with Gasteiger partial charge in [0.2, 0.25) is 0 Å². The Bertz CT molecular complexity index is 331. The van der Waals surface area contributed by atoms with Crippen molar-refractivity contribution >= 4 is 0 Å². The second-order valence-electron chi connectivity index (χ2n) is 8.68. The molecule has 0 aromatic heterocycles. The Morgan fingerprint density at radius 2 is 1.62 bits per heavy atom. The molecule has 3 nitrogen and oxygen atoms in total. The average molecular weight is 295 g/mol. The van der Waals surface area contributed by atoms with Crippen LogP contribution in [0.25, 0.3) is 0 Å². The smallest absolute Gasteiger partial charge is 0.0644 e. The van der Waals surface area contributed by atoms with Gasteiger partial charge in [-0.05, 0) is 82.0 Å². The molecule has 0 aromatic carbocycles. The van der Waals surface area contributed by atoms with Crippen LogP contribution < -0.4 is 5.73 Å². The number of methoxy groups -OCH3 is 1. The Kier molecular flexibility index (Phi) is 4.37. The van der Waals surface area contributed by atoms with E-state index in [9.17, 15) is 0 Å². The Labute approximate surface area is 129 Å². The zero-order valence-electron chi connectivity index (χ0n) is 14.1. The molecule has 0 aliphatic heterocycles. The van der Waals surface area contributed by atoms with Crippen LogP contribution >= 0.6 is 0 Å². The maximum Gasteiger partial charge on any atom is 0.0644 e. The van der Waals surface area contributed by atoms with Crippen LogP contribution in [0.5, 0.6) is 0 Å². The quantitative estimate of drug-likeness (QED) is 0.732. The van der Waals surface area contributed by atoms with E-state index in [1.54, 1.807) is 7.11 Å². The number of nitrogens with two attached hydrogens (primary N) is 1. The van der Waals surface area contributed by atoms with Crippen molar-refractivity contribution in [2.75, 3.05) is 20.3 Å². The third kappa shape index (κ3) is 3.30. The fraction of sp³-hybridized carbons (Fsp3) is 1.00. The minimum absolute atomic E-state index is 0.0925. The fourth-order valence-electron chi connectivity index (χ4n) is 5.44. The van der Waals surface area contributed by atoms with E-state index < -0.39 is 0 Å². The number of hydrogen-bond donors (Lipinski definition) is 1. The SMILES string of the molecule is COC(C)(C)CCOCC(N)C12CC3CC(CC(C3)C1)C2. The van der Waals surface area contributed by atoms with Crippen LogP contribution in [0.1, 0.15) is 58.8 Å². The maximum absolute atomic E-state index is 6.60. The molecule has 2 N–H and O–H groups in total. The van der Waals surface area contributed by atoms with Crippen LogP contribution in [0, 0.1) is 23.2 Å². The van der Waals surface area contributed by atoms with Crippen molar-refractivity contribution in [3.05, 3.63) is 0 Å². The molecule has 4 bridgehead atoms. The van der Waals surface area contributed by atoms with Crippen LogP contribution in [-0.4, -0.2) is 32.0 Å². The van der Waals surface area contributed by atoms with Gasteiger partial charge in [-0.2, -0.15) is 0 Å². The molecule has 1 atom stereocenters. The van der Waals surface area contributed by atoms with Gasteiger partial charge in [-0.25, -0.2) is 0 Å². The van der Waals surface area contributed by atoms with E-state index in [0.717, 1.165) is 37.4 Å². The van der Waals surface area contributed by atoms with Gasteiger partial charge in [0.25, 0.3) is 0 Å². The third-order valence-corrected chi connectivity index (χ3v) is 6.57. The van der Waals surface area contributed by atoms with Crippen molar-refractivity contribution in [3.63, 3.8) is 0 Å². The molecule has 0 saturated heterocycles. The Morgan fingerprint density at radius 3 is 2.10 bits per heavy atom. The van der Waals surface area contributed by atoms with Crippen molar-refractivity contribution in [1.82, 2.24) is 0 Å². The van der Waals surface area contributed by atoms with Crippen LogP contribution in [0.2, 0.25) is 0 Å². The highest BCUT2D eigenvalue weighted by Crippen LogP contribution is 2.60. The van der Waals surface area contributed by atoms with E-state index in [1.807, 2.05) is 0 Å². The molecule has 4 saturated carbocycles. The van der Waals surface area contributed by atoms with Crippen LogP contribution in [0.4, 0.5) is 0 Å². The van der Waals surface area contributed by atoms with Crippen LogP contribution in [-0.2, 0) is 9.47 Å². The average Bonchev–Trinajstić information content (AvgIpc) is 2.42. The van der Waals surface area contributed by atoms with Gasteiger partial charge in [-0.15, -0.1) is 0 Å². The summed E-state index contributed by atoms with van der Waals surface area (Å²) in [7, 11) is 1.77. The molecule has 122 valence electrons.